The number of imide groups is 1. The quantitative estimate of drug-likeness (QED) is 0.228. The lowest BCUT2D eigenvalue weighted by Crippen LogP contribution is -2.36. The predicted molar refractivity (Wildman–Crippen MR) is 98.0 cm³/mol. The molecule has 1 aliphatic heterocycles. The molecular formula is C20H12N2O6. The topological polar surface area (TPSA) is 107 Å². The molecule has 1 aliphatic rings. The van der Waals surface area contributed by atoms with Crippen LogP contribution in [0.15, 0.2) is 60.7 Å². The van der Waals surface area contributed by atoms with Crippen molar-refractivity contribution < 1.29 is 24.0 Å². The highest BCUT2D eigenvalue weighted by atomic mass is 16.6. The minimum Gasteiger partial charge on any atom is -0.425 e. The largest absolute Gasteiger partial charge is 0.425 e. The summed E-state index contributed by atoms with van der Waals surface area (Å²) in [6.45, 7) is -0.646. The lowest BCUT2D eigenvalue weighted by molar-refractivity contribution is -0.385. The van der Waals surface area contributed by atoms with Gasteiger partial charge in [-0.05, 0) is 17.5 Å². The van der Waals surface area contributed by atoms with Crippen molar-refractivity contribution in [1.82, 2.24) is 4.90 Å². The molecule has 0 fully saturated rings. The smallest absolute Gasteiger partial charge is 0.331 e. The second kappa shape index (κ2) is 6.58. The summed E-state index contributed by atoms with van der Waals surface area (Å²) in [5.41, 5.74) is -0.881. The number of fused-ring (bicyclic) bond motifs is 2. The Morgan fingerprint density at radius 2 is 1.68 bits per heavy atom. The molecule has 0 saturated heterocycles. The number of nitro benzene ring substituents is 1. The highest BCUT2D eigenvalue weighted by Gasteiger charge is 2.42. The summed E-state index contributed by atoms with van der Waals surface area (Å²) in [6.07, 6.45) is 0. The summed E-state index contributed by atoms with van der Waals surface area (Å²) in [6, 6.07) is 16.2. The van der Waals surface area contributed by atoms with Gasteiger partial charge in [-0.2, -0.15) is 0 Å². The van der Waals surface area contributed by atoms with Crippen LogP contribution in [0.2, 0.25) is 0 Å². The van der Waals surface area contributed by atoms with Crippen molar-refractivity contribution in [2.75, 3.05) is 6.54 Å². The second-order valence-electron chi connectivity index (χ2n) is 6.10. The molecule has 8 heteroatoms. The molecule has 1 heterocycles. The van der Waals surface area contributed by atoms with E-state index in [1.54, 1.807) is 24.3 Å². The zero-order chi connectivity index (χ0) is 19.8. The van der Waals surface area contributed by atoms with E-state index in [2.05, 4.69) is 0 Å². The second-order valence-corrected chi connectivity index (χ2v) is 6.10. The van der Waals surface area contributed by atoms with E-state index in [0.29, 0.717) is 16.0 Å². The van der Waals surface area contributed by atoms with Crippen molar-refractivity contribution in [2.45, 2.75) is 0 Å². The van der Waals surface area contributed by atoms with Gasteiger partial charge in [-0.15, -0.1) is 0 Å². The molecule has 3 aromatic rings. The van der Waals surface area contributed by atoms with Gasteiger partial charge in [0, 0.05) is 11.5 Å². The van der Waals surface area contributed by atoms with Crippen molar-refractivity contribution in [3.63, 3.8) is 0 Å². The third kappa shape index (κ3) is 2.77. The Morgan fingerprint density at radius 3 is 2.46 bits per heavy atom. The summed E-state index contributed by atoms with van der Waals surface area (Å²) < 4.78 is 5.34. The van der Waals surface area contributed by atoms with Crippen molar-refractivity contribution >= 4 is 34.2 Å². The maximum Gasteiger partial charge on any atom is 0.331 e. The molecular weight excluding hydrogens is 364 g/mol. The van der Waals surface area contributed by atoms with E-state index in [-0.39, 0.29) is 11.1 Å². The molecule has 0 bridgehead atoms. The molecule has 0 aromatic heterocycles. The lowest BCUT2D eigenvalue weighted by Gasteiger charge is -2.13. The van der Waals surface area contributed by atoms with E-state index in [1.807, 2.05) is 18.2 Å². The number of rotatable bonds is 4. The Bertz CT molecular complexity index is 1170. The van der Waals surface area contributed by atoms with E-state index in [9.17, 15) is 24.5 Å². The molecule has 0 unspecified atom stereocenters. The minimum absolute atomic E-state index is 0.0999. The molecule has 2 amide bonds. The van der Waals surface area contributed by atoms with Gasteiger partial charge in [-0.25, -0.2) is 4.79 Å². The van der Waals surface area contributed by atoms with Crippen molar-refractivity contribution in [2.24, 2.45) is 0 Å². The molecule has 0 radical (unpaired) electrons. The fourth-order valence-electron chi connectivity index (χ4n) is 3.18. The summed E-state index contributed by atoms with van der Waals surface area (Å²) >= 11 is 0. The van der Waals surface area contributed by atoms with Crippen LogP contribution in [0.1, 0.15) is 20.7 Å². The fourth-order valence-corrected chi connectivity index (χ4v) is 3.18. The van der Waals surface area contributed by atoms with Gasteiger partial charge in [0.15, 0.2) is 0 Å². The number of nitro groups is 1. The van der Waals surface area contributed by atoms with Crippen LogP contribution in [0.5, 0.6) is 5.75 Å². The Hall–Kier alpha value is -4.07. The van der Waals surface area contributed by atoms with E-state index in [1.165, 1.54) is 12.1 Å². The van der Waals surface area contributed by atoms with Crippen LogP contribution in [0.3, 0.4) is 0 Å². The van der Waals surface area contributed by atoms with Crippen molar-refractivity contribution in [1.29, 1.82) is 0 Å². The number of esters is 1. The normalized spacial score (nSPS) is 12.9. The van der Waals surface area contributed by atoms with Crippen LogP contribution < -0.4 is 4.74 Å². The van der Waals surface area contributed by atoms with Gasteiger partial charge < -0.3 is 4.74 Å². The molecule has 28 heavy (non-hydrogen) atoms. The molecule has 0 N–H and O–H groups in total. The third-order valence-corrected chi connectivity index (χ3v) is 4.43. The van der Waals surface area contributed by atoms with Crippen LogP contribution in [0.25, 0.3) is 10.8 Å². The SMILES string of the molecule is O=C(CN1C(=O)c2cccc([N+](=O)[O-])c2C1=O)Oc1cccc2ccccc12. The van der Waals surface area contributed by atoms with Crippen LogP contribution >= 0.6 is 0 Å². The first kappa shape index (κ1) is 17.3. The molecule has 4 rings (SSSR count). The Kier molecular flexibility index (Phi) is 4.08. The van der Waals surface area contributed by atoms with Crippen molar-refractivity contribution in [3.8, 4) is 5.75 Å². The monoisotopic (exact) mass is 376 g/mol. The Morgan fingerprint density at radius 1 is 0.964 bits per heavy atom. The van der Waals surface area contributed by atoms with E-state index in [4.69, 9.17) is 4.74 Å². The van der Waals surface area contributed by atoms with E-state index < -0.39 is 34.9 Å². The number of benzene rings is 3. The number of nitrogens with zero attached hydrogens (tertiary/aromatic N) is 2. The third-order valence-electron chi connectivity index (χ3n) is 4.43. The number of hydrogen-bond acceptors (Lipinski definition) is 6. The molecule has 8 nitrogen and oxygen atoms in total. The van der Waals surface area contributed by atoms with Crippen LogP contribution in [0.4, 0.5) is 5.69 Å². The molecule has 0 atom stereocenters. The Labute approximate surface area is 158 Å². The molecule has 0 spiro atoms. The average molecular weight is 376 g/mol. The van der Waals surface area contributed by atoms with Crippen LogP contribution in [0, 0.1) is 10.1 Å². The summed E-state index contributed by atoms with van der Waals surface area (Å²) in [4.78, 5) is 48.4. The maximum absolute atomic E-state index is 12.5. The van der Waals surface area contributed by atoms with Gasteiger partial charge >= 0.3 is 5.97 Å². The molecule has 3 aromatic carbocycles. The number of carbonyl (C=O) groups excluding carboxylic acids is 3. The first-order valence-electron chi connectivity index (χ1n) is 8.29. The lowest BCUT2D eigenvalue weighted by atomic mass is 10.1. The minimum atomic E-state index is -0.887. The summed E-state index contributed by atoms with van der Waals surface area (Å²) in [5, 5.41) is 12.7. The van der Waals surface area contributed by atoms with Gasteiger partial charge in [0.1, 0.15) is 17.9 Å². The van der Waals surface area contributed by atoms with Gasteiger partial charge in [0.2, 0.25) is 0 Å². The van der Waals surface area contributed by atoms with E-state index in [0.717, 1.165) is 11.5 Å². The number of amides is 2. The average Bonchev–Trinajstić information content (AvgIpc) is 2.93. The number of ether oxygens (including phenoxy) is 1. The van der Waals surface area contributed by atoms with Crippen LogP contribution in [-0.4, -0.2) is 34.2 Å². The van der Waals surface area contributed by atoms with Gasteiger partial charge in [0.25, 0.3) is 17.5 Å². The first-order valence-corrected chi connectivity index (χ1v) is 8.29. The Balaban J connectivity index is 1.59. The zero-order valence-electron chi connectivity index (χ0n) is 14.3. The standard InChI is InChI=1S/C20H12N2O6/c23-17(28-16-10-3-6-12-5-1-2-7-13(12)16)11-21-19(24)14-8-4-9-15(22(26)27)18(14)20(21)25/h1-10H,11H2. The molecule has 0 saturated carbocycles. The van der Waals surface area contributed by atoms with E-state index >= 15 is 0 Å². The number of hydrogen-bond donors (Lipinski definition) is 0. The highest BCUT2D eigenvalue weighted by Crippen LogP contribution is 2.31. The first-order chi connectivity index (χ1) is 13.5. The molecule has 138 valence electrons. The number of carbonyl (C=O) groups is 3. The predicted octanol–water partition coefficient (Wildman–Crippen LogP) is 2.95. The zero-order valence-corrected chi connectivity index (χ0v) is 14.3. The van der Waals surface area contributed by atoms with Gasteiger partial charge in [-0.1, -0.05) is 42.5 Å². The van der Waals surface area contributed by atoms with Crippen molar-refractivity contribution in [3.05, 3.63) is 81.9 Å². The summed E-state index contributed by atoms with van der Waals surface area (Å²) in [7, 11) is 0. The fraction of sp³-hybridized carbons (Fsp3) is 0.0500. The summed E-state index contributed by atoms with van der Waals surface area (Å²) in [5.74, 6) is -2.18. The molecule has 0 aliphatic carbocycles. The van der Waals surface area contributed by atoms with Crippen LogP contribution in [-0.2, 0) is 4.79 Å². The maximum atomic E-state index is 12.5. The highest BCUT2D eigenvalue weighted by molar-refractivity contribution is 6.24. The van der Waals surface area contributed by atoms with Gasteiger partial charge in [0.05, 0.1) is 10.5 Å². The van der Waals surface area contributed by atoms with Gasteiger partial charge in [-0.3, -0.25) is 24.6 Å².